The molecule has 3 N–H and O–H groups in total. The lowest BCUT2D eigenvalue weighted by Crippen LogP contribution is -2.53. The smallest absolute Gasteiger partial charge is 0.349 e. The zero-order chi connectivity index (χ0) is 14.7. The molecule has 0 bridgehead atoms. The molecule has 0 aliphatic heterocycles. The number of alkyl halides is 3. The highest BCUT2D eigenvalue weighted by atomic mass is 19.4. The van der Waals surface area contributed by atoms with Gasteiger partial charge in [-0.05, 0) is 39.0 Å². The van der Waals surface area contributed by atoms with E-state index < -0.39 is 17.6 Å². The van der Waals surface area contributed by atoms with Crippen LogP contribution in [0.25, 0.3) is 0 Å². The molecule has 0 aromatic heterocycles. The van der Waals surface area contributed by atoms with Crippen molar-refractivity contribution in [3.63, 3.8) is 0 Å². The summed E-state index contributed by atoms with van der Waals surface area (Å²) in [6.45, 7) is 4.10. The second-order valence-corrected chi connectivity index (χ2v) is 5.70. The van der Waals surface area contributed by atoms with Crippen LogP contribution in [0.15, 0.2) is 0 Å². The fourth-order valence-electron chi connectivity index (χ4n) is 2.37. The molecule has 1 saturated carbocycles. The zero-order valence-corrected chi connectivity index (χ0v) is 11.5. The van der Waals surface area contributed by atoms with Crippen LogP contribution in [-0.2, 0) is 4.79 Å². The summed E-state index contributed by atoms with van der Waals surface area (Å²) in [6, 6.07) is 0. The van der Waals surface area contributed by atoms with Gasteiger partial charge in [-0.25, -0.2) is 0 Å². The van der Waals surface area contributed by atoms with E-state index in [1.165, 1.54) is 0 Å². The summed E-state index contributed by atoms with van der Waals surface area (Å²) < 4.78 is 37.6. The van der Waals surface area contributed by atoms with Crippen LogP contribution in [-0.4, -0.2) is 24.2 Å². The average molecular weight is 280 g/mol. The number of rotatable bonds is 4. The monoisotopic (exact) mass is 280 g/mol. The largest absolute Gasteiger partial charge is 0.391 e. The lowest BCUT2D eigenvalue weighted by molar-refractivity contribution is -0.184. The first-order valence-electron chi connectivity index (χ1n) is 6.80. The summed E-state index contributed by atoms with van der Waals surface area (Å²) in [5.74, 6) is -1.71. The Morgan fingerprint density at radius 1 is 1.26 bits per heavy atom. The maximum Gasteiger partial charge on any atom is 0.391 e. The van der Waals surface area contributed by atoms with E-state index in [0.29, 0.717) is 25.8 Å². The van der Waals surface area contributed by atoms with Crippen LogP contribution in [0.3, 0.4) is 0 Å². The highest BCUT2D eigenvalue weighted by Crippen LogP contribution is 2.39. The van der Waals surface area contributed by atoms with Gasteiger partial charge >= 0.3 is 6.18 Å². The summed E-state index contributed by atoms with van der Waals surface area (Å²) in [4.78, 5) is 12.0. The standard InChI is InChI=1S/C13H23F3N2O/c1-3-12(2,8-17)18-11(19)9-4-6-10(7-5-9)13(14,15)16/h9-10H,3-8,17H2,1-2H3,(H,18,19). The molecule has 0 aromatic carbocycles. The number of hydrogen-bond donors (Lipinski definition) is 2. The average Bonchev–Trinajstić information content (AvgIpc) is 2.37. The van der Waals surface area contributed by atoms with E-state index in [1.54, 1.807) is 0 Å². The molecule has 1 atom stereocenters. The van der Waals surface area contributed by atoms with Crippen molar-refractivity contribution >= 4 is 5.91 Å². The van der Waals surface area contributed by atoms with E-state index >= 15 is 0 Å². The molecule has 1 aliphatic carbocycles. The number of carbonyl (C=O) groups is 1. The van der Waals surface area contributed by atoms with Gasteiger partial charge < -0.3 is 11.1 Å². The Morgan fingerprint density at radius 3 is 2.16 bits per heavy atom. The van der Waals surface area contributed by atoms with Crippen LogP contribution < -0.4 is 11.1 Å². The van der Waals surface area contributed by atoms with Gasteiger partial charge in [-0.15, -0.1) is 0 Å². The molecule has 0 spiro atoms. The third kappa shape index (κ3) is 4.37. The number of nitrogens with two attached hydrogens (primary N) is 1. The van der Waals surface area contributed by atoms with Gasteiger partial charge in [0.15, 0.2) is 0 Å². The third-order valence-corrected chi connectivity index (χ3v) is 4.22. The molecule has 1 amide bonds. The molecule has 3 nitrogen and oxygen atoms in total. The first-order chi connectivity index (χ1) is 8.72. The first-order valence-corrected chi connectivity index (χ1v) is 6.80. The quantitative estimate of drug-likeness (QED) is 0.831. The number of nitrogens with one attached hydrogen (secondary N) is 1. The van der Waals surface area contributed by atoms with Crippen molar-refractivity contribution in [3.05, 3.63) is 0 Å². The van der Waals surface area contributed by atoms with Gasteiger partial charge in [0, 0.05) is 18.0 Å². The zero-order valence-electron chi connectivity index (χ0n) is 11.5. The Bertz CT molecular complexity index is 306. The van der Waals surface area contributed by atoms with Gasteiger partial charge in [-0.3, -0.25) is 4.79 Å². The topological polar surface area (TPSA) is 55.1 Å². The molecule has 19 heavy (non-hydrogen) atoms. The Hall–Kier alpha value is -0.780. The lowest BCUT2D eigenvalue weighted by atomic mass is 9.81. The molecular formula is C13H23F3N2O. The second-order valence-electron chi connectivity index (χ2n) is 5.70. The van der Waals surface area contributed by atoms with Gasteiger partial charge in [0.1, 0.15) is 0 Å². The minimum Gasteiger partial charge on any atom is -0.349 e. The van der Waals surface area contributed by atoms with Crippen LogP contribution in [0.2, 0.25) is 0 Å². The van der Waals surface area contributed by atoms with Crippen molar-refractivity contribution in [2.24, 2.45) is 17.6 Å². The fraction of sp³-hybridized carbons (Fsp3) is 0.923. The Labute approximate surface area is 112 Å². The molecule has 1 fully saturated rings. The molecule has 112 valence electrons. The van der Waals surface area contributed by atoms with Crippen LogP contribution in [0.4, 0.5) is 13.2 Å². The Balaban J connectivity index is 2.50. The minimum atomic E-state index is -4.13. The normalized spacial score (nSPS) is 27.7. The molecular weight excluding hydrogens is 257 g/mol. The molecule has 1 unspecified atom stereocenters. The Kier molecular flexibility index (Phi) is 5.24. The van der Waals surface area contributed by atoms with Crippen LogP contribution in [0, 0.1) is 11.8 Å². The van der Waals surface area contributed by atoms with Crippen molar-refractivity contribution in [1.82, 2.24) is 5.32 Å². The maximum absolute atomic E-state index is 12.5. The summed E-state index contributed by atoms with van der Waals surface area (Å²) in [7, 11) is 0. The predicted molar refractivity (Wildman–Crippen MR) is 67.4 cm³/mol. The van der Waals surface area contributed by atoms with E-state index in [-0.39, 0.29) is 24.7 Å². The SMILES string of the molecule is CCC(C)(CN)NC(=O)C1CCC(C(F)(F)F)CC1. The molecule has 6 heteroatoms. The van der Waals surface area contributed by atoms with Crippen LogP contribution in [0.1, 0.15) is 46.0 Å². The van der Waals surface area contributed by atoms with E-state index in [4.69, 9.17) is 5.73 Å². The van der Waals surface area contributed by atoms with Crippen molar-refractivity contribution in [2.75, 3.05) is 6.54 Å². The fourth-order valence-corrected chi connectivity index (χ4v) is 2.37. The highest BCUT2D eigenvalue weighted by molar-refractivity contribution is 5.79. The molecule has 1 rings (SSSR count). The minimum absolute atomic E-state index is 0.0487. The van der Waals surface area contributed by atoms with Crippen molar-refractivity contribution in [3.8, 4) is 0 Å². The third-order valence-electron chi connectivity index (χ3n) is 4.22. The van der Waals surface area contributed by atoms with E-state index in [2.05, 4.69) is 5.32 Å². The lowest BCUT2D eigenvalue weighted by Gasteiger charge is -2.33. The van der Waals surface area contributed by atoms with Crippen molar-refractivity contribution < 1.29 is 18.0 Å². The summed E-state index contributed by atoms with van der Waals surface area (Å²) in [5.41, 5.74) is 5.15. The number of hydrogen-bond acceptors (Lipinski definition) is 2. The summed E-state index contributed by atoms with van der Waals surface area (Å²) in [6.07, 6.45) is -2.72. The number of amides is 1. The summed E-state index contributed by atoms with van der Waals surface area (Å²) in [5, 5.41) is 2.87. The Morgan fingerprint density at radius 2 is 1.79 bits per heavy atom. The molecule has 0 radical (unpaired) electrons. The number of carbonyl (C=O) groups excluding carboxylic acids is 1. The molecule has 0 heterocycles. The van der Waals surface area contributed by atoms with E-state index in [0.717, 1.165) is 0 Å². The van der Waals surface area contributed by atoms with Gasteiger partial charge in [0.2, 0.25) is 5.91 Å². The van der Waals surface area contributed by atoms with Gasteiger partial charge in [0.05, 0.1) is 5.92 Å². The first kappa shape index (κ1) is 16.3. The van der Waals surface area contributed by atoms with Gasteiger partial charge in [-0.2, -0.15) is 13.2 Å². The molecule has 0 aromatic rings. The second kappa shape index (κ2) is 6.11. The van der Waals surface area contributed by atoms with Gasteiger partial charge in [-0.1, -0.05) is 6.92 Å². The molecule has 1 aliphatic rings. The predicted octanol–water partition coefficient (Wildman–Crippen LogP) is 2.60. The summed E-state index contributed by atoms with van der Waals surface area (Å²) >= 11 is 0. The van der Waals surface area contributed by atoms with Crippen LogP contribution in [0.5, 0.6) is 0 Å². The molecule has 0 saturated heterocycles. The highest BCUT2D eigenvalue weighted by Gasteiger charge is 2.42. The van der Waals surface area contributed by atoms with Gasteiger partial charge in [0.25, 0.3) is 0 Å². The van der Waals surface area contributed by atoms with Crippen molar-refractivity contribution in [2.45, 2.75) is 57.7 Å². The van der Waals surface area contributed by atoms with Crippen LogP contribution >= 0.6 is 0 Å². The van der Waals surface area contributed by atoms with E-state index in [9.17, 15) is 18.0 Å². The maximum atomic E-state index is 12.5. The van der Waals surface area contributed by atoms with E-state index in [1.807, 2.05) is 13.8 Å². The van der Waals surface area contributed by atoms with Crippen molar-refractivity contribution in [1.29, 1.82) is 0 Å². The number of halogens is 3.